The highest BCUT2D eigenvalue weighted by Gasteiger charge is 2.22. The Bertz CT molecular complexity index is 887. The third-order valence-electron chi connectivity index (χ3n) is 4.44. The zero-order valence-electron chi connectivity index (χ0n) is 16.1. The Hall–Kier alpha value is -2.99. The SMILES string of the molecule is CCNC(=NCc1cc(C#N)ccc1F)NC1CCc2nc(COC)nn2C1. The average Bonchev–Trinajstić information content (AvgIpc) is 3.09. The Morgan fingerprint density at radius 2 is 2.36 bits per heavy atom. The van der Waals surface area contributed by atoms with Crippen LogP contribution in [0, 0.1) is 17.1 Å². The fraction of sp³-hybridized carbons (Fsp3) is 0.474. The minimum Gasteiger partial charge on any atom is -0.377 e. The van der Waals surface area contributed by atoms with E-state index in [1.54, 1.807) is 7.11 Å². The highest BCUT2D eigenvalue weighted by Crippen LogP contribution is 2.14. The van der Waals surface area contributed by atoms with E-state index in [1.807, 2.05) is 17.7 Å². The normalized spacial score (nSPS) is 16.4. The Balaban J connectivity index is 1.67. The zero-order valence-corrected chi connectivity index (χ0v) is 16.1. The monoisotopic (exact) mass is 385 g/mol. The number of hydrogen-bond acceptors (Lipinski definition) is 5. The van der Waals surface area contributed by atoms with Crippen LogP contribution < -0.4 is 10.6 Å². The fourth-order valence-corrected chi connectivity index (χ4v) is 3.11. The number of aliphatic imine (C=N–C) groups is 1. The lowest BCUT2D eigenvalue weighted by Crippen LogP contribution is -2.47. The van der Waals surface area contributed by atoms with Gasteiger partial charge in [0.05, 0.1) is 24.7 Å². The van der Waals surface area contributed by atoms with Crippen molar-refractivity contribution in [1.29, 1.82) is 5.26 Å². The van der Waals surface area contributed by atoms with Crippen molar-refractivity contribution >= 4 is 5.96 Å². The van der Waals surface area contributed by atoms with E-state index in [0.29, 0.717) is 42.6 Å². The number of nitriles is 1. The number of aromatic nitrogens is 3. The summed E-state index contributed by atoms with van der Waals surface area (Å²) in [6.07, 6.45) is 1.71. The lowest BCUT2D eigenvalue weighted by Gasteiger charge is -2.25. The first-order valence-electron chi connectivity index (χ1n) is 9.27. The summed E-state index contributed by atoms with van der Waals surface area (Å²) in [5.41, 5.74) is 0.810. The molecule has 0 amide bonds. The predicted octanol–water partition coefficient (Wildman–Crippen LogP) is 1.51. The number of benzene rings is 1. The number of nitrogens with one attached hydrogen (secondary N) is 2. The maximum atomic E-state index is 14.0. The van der Waals surface area contributed by atoms with Gasteiger partial charge in [-0.2, -0.15) is 10.4 Å². The quantitative estimate of drug-likeness (QED) is 0.577. The predicted molar refractivity (Wildman–Crippen MR) is 102 cm³/mol. The second-order valence-electron chi connectivity index (χ2n) is 6.55. The first-order valence-corrected chi connectivity index (χ1v) is 9.27. The van der Waals surface area contributed by atoms with Gasteiger partial charge in [0.1, 0.15) is 18.2 Å². The van der Waals surface area contributed by atoms with Gasteiger partial charge in [-0.3, -0.25) is 0 Å². The third kappa shape index (κ3) is 4.84. The Kier molecular flexibility index (Phi) is 6.55. The smallest absolute Gasteiger partial charge is 0.191 e. The van der Waals surface area contributed by atoms with Gasteiger partial charge in [-0.05, 0) is 31.5 Å². The van der Waals surface area contributed by atoms with Crippen LogP contribution in [0.3, 0.4) is 0 Å². The molecule has 1 atom stereocenters. The molecule has 2 aromatic rings. The molecule has 0 bridgehead atoms. The molecule has 1 aromatic carbocycles. The molecule has 9 heteroatoms. The molecule has 0 spiro atoms. The minimum atomic E-state index is -0.366. The molecule has 28 heavy (non-hydrogen) atoms. The highest BCUT2D eigenvalue weighted by molar-refractivity contribution is 5.80. The van der Waals surface area contributed by atoms with Crippen molar-refractivity contribution in [2.75, 3.05) is 13.7 Å². The van der Waals surface area contributed by atoms with E-state index >= 15 is 0 Å². The topological polar surface area (TPSA) is 100 Å². The number of nitrogens with zero attached hydrogens (tertiary/aromatic N) is 5. The minimum absolute atomic E-state index is 0.137. The number of halogens is 1. The molecular formula is C19H24FN7O. The number of rotatable bonds is 6. The summed E-state index contributed by atoms with van der Waals surface area (Å²) >= 11 is 0. The Morgan fingerprint density at radius 1 is 1.50 bits per heavy atom. The van der Waals surface area contributed by atoms with Crippen molar-refractivity contribution in [2.45, 2.75) is 45.5 Å². The van der Waals surface area contributed by atoms with Gasteiger partial charge in [0.2, 0.25) is 0 Å². The second kappa shape index (κ2) is 9.28. The van der Waals surface area contributed by atoms with E-state index in [9.17, 15) is 4.39 Å². The molecule has 1 aromatic heterocycles. The fourth-order valence-electron chi connectivity index (χ4n) is 3.11. The van der Waals surface area contributed by atoms with Gasteiger partial charge in [-0.15, -0.1) is 0 Å². The molecule has 0 saturated carbocycles. The van der Waals surface area contributed by atoms with Gasteiger partial charge >= 0.3 is 0 Å². The maximum Gasteiger partial charge on any atom is 0.191 e. The summed E-state index contributed by atoms with van der Waals surface area (Å²) in [5.74, 6) is 1.89. The lowest BCUT2D eigenvalue weighted by molar-refractivity contribution is 0.177. The molecule has 1 aliphatic heterocycles. The standard InChI is InChI=1S/C19H24FN7O/c1-3-22-19(23-10-14-8-13(9-21)4-6-16(14)20)24-15-5-7-18-25-17(12-28-2)26-27(18)11-15/h4,6,8,15H,3,5,7,10-12H2,1-2H3,(H2,22,23,24). The van der Waals surface area contributed by atoms with Gasteiger partial charge in [0, 0.05) is 31.7 Å². The van der Waals surface area contributed by atoms with Crippen LogP contribution in [-0.4, -0.2) is 40.4 Å². The molecule has 0 radical (unpaired) electrons. The van der Waals surface area contributed by atoms with Crippen molar-refractivity contribution in [3.63, 3.8) is 0 Å². The van der Waals surface area contributed by atoms with Crippen molar-refractivity contribution in [3.05, 3.63) is 46.8 Å². The van der Waals surface area contributed by atoms with Crippen LogP contribution in [0.1, 0.15) is 36.1 Å². The summed E-state index contributed by atoms with van der Waals surface area (Å²) in [4.78, 5) is 8.96. The lowest BCUT2D eigenvalue weighted by atomic mass is 10.1. The molecule has 3 rings (SSSR count). The van der Waals surface area contributed by atoms with Gasteiger partial charge in [-0.25, -0.2) is 19.0 Å². The van der Waals surface area contributed by atoms with E-state index in [4.69, 9.17) is 10.00 Å². The molecule has 1 unspecified atom stereocenters. The average molecular weight is 385 g/mol. The van der Waals surface area contributed by atoms with Crippen LogP contribution in [0.4, 0.5) is 4.39 Å². The van der Waals surface area contributed by atoms with Gasteiger partial charge < -0.3 is 15.4 Å². The van der Waals surface area contributed by atoms with Crippen LogP contribution in [0.25, 0.3) is 0 Å². The molecule has 2 heterocycles. The zero-order chi connectivity index (χ0) is 19.9. The number of methoxy groups -OCH3 is 1. The summed E-state index contributed by atoms with van der Waals surface area (Å²) in [5, 5.41) is 20.0. The summed E-state index contributed by atoms with van der Waals surface area (Å²) in [6, 6.07) is 6.45. The molecular weight excluding hydrogens is 361 g/mol. The molecule has 0 fully saturated rings. The molecule has 0 aliphatic carbocycles. The molecule has 1 aliphatic rings. The van der Waals surface area contributed by atoms with E-state index in [1.165, 1.54) is 18.2 Å². The van der Waals surface area contributed by atoms with Crippen LogP contribution in [0.5, 0.6) is 0 Å². The molecule has 8 nitrogen and oxygen atoms in total. The third-order valence-corrected chi connectivity index (χ3v) is 4.44. The van der Waals surface area contributed by atoms with Crippen molar-refractivity contribution in [1.82, 2.24) is 25.4 Å². The summed E-state index contributed by atoms with van der Waals surface area (Å²) in [7, 11) is 1.62. The molecule has 2 N–H and O–H groups in total. The molecule has 148 valence electrons. The van der Waals surface area contributed by atoms with Crippen LogP contribution in [0.2, 0.25) is 0 Å². The van der Waals surface area contributed by atoms with E-state index in [-0.39, 0.29) is 18.4 Å². The van der Waals surface area contributed by atoms with Gasteiger partial charge in [0.15, 0.2) is 11.8 Å². The van der Waals surface area contributed by atoms with E-state index < -0.39 is 0 Å². The largest absolute Gasteiger partial charge is 0.377 e. The number of ether oxygens (including phenoxy) is 1. The first-order chi connectivity index (χ1) is 13.6. The highest BCUT2D eigenvalue weighted by atomic mass is 19.1. The molecule has 0 saturated heterocycles. The van der Waals surface area contributed by atoms with Gasteiger partial charge in [0.25, 0.3) is 0 Å². The van der Waals surface area contributed by atoms with Crippen LogP contribution in [0.15, 0.2) is 23.2 Å². The van der Waals surface area contributed by atoms with Crippen molar-refractivity contribution in [2.24, 2.45) is 4.99 Å². The number of hydrogen-bond donors (Lipinski definition) is 2. The van der Waals surface area contributed by atoms with Crippen molar-refractivity contribution < 1.29 is 9.13 Å². The number of guanidine groups is 1. The summed E-state index contributed by atoms with van der Waals surface area (Å²) < 4.78 is 21.0. The number of aryl methyl sites for hydroxylation is 1. The van der Waals surface area contributed by atoms with Crippen molar-refractivity contribution in [3.8, 4) is 6.07 Å². The number of fused-ring (bicyclic) bond motifs is 1. The first kappa shape index (κ1) is 19.8. The Labute approximate surface area is 163 Å². The second-order valence-corrected chi connectivity index (χ2v) is 6.55. The van der Waals surface area contributed by atoms with Crippen LogP contribution >= 0.6 is 0 Å². The Morgan fingerprint density at radius 3 is 3.11 bits per heavy atom. The van der Waals surface area contributed by atoms with E-state index in [0.717, 1.165) is 18.7 Å². The van der Waals surface area contributed by atoms with Crippen LogP contribution in [-0.2, 0) is 30.9 Å². The summed E-state index contributed by atoms with van der Waals surface area (Å²) in [6.45, 7) is 3.88. The van der Waals surface area contributed by atoms with Gasteiger partial charge in [-0.1, -0.05) is 0 Å². The van der Waals surface area contributed by atoms with E-state index in [2.05, 4.69) is 25.7 Å². The maximum absolute atomic E-state index is 14.0.